The van der Waals surface area contributed by atoms with Crippen molar-refractivity contribution < 1.29 is 4.74 Å². The number of rotatable bonds is 3. The molecule has 19 heavy (non-hydrogen) atoms. The van der Waals surface area contributed by atoms with Crippen molar-refractivity contribution in [3.05, 3.63) is 30.0 Å². The molecule has 0 atom stereocenters. The number of hydrogen-bond donors (Lipinski definition) is 1. The molecule has 0 bridgehead atoms. The highest BCUT2D eigenvalue weighted by Crippen LogP contribution is 2.28. The largest absolute Gasteiger partial charge is 0.494 e. The second kappa shape index (κ2) is 4.96. The van der Waals surface area contributed by atoms with E-state index in [0.717, 1.165) is 42.5 Å². The second-order valence-corrected chi connectivity index (χ2v) is 4.76. The molecule has 4 nitrogen and oxygen atoms in total. The smallest absolute Gasteiger partial charge is 0.203 e. The maximum Gasteiger partial charge on any atom is 0.203 e. The maximum absolute atomic E-state index is 5.47. The zero-order valence-corrected chi connectivity index (χ0v) is 11.4. The SMILES string of the molecule is CCOc1ccc(-c2nc3n(c2C)CCCN3)cc1. The van der Waals surface area contributed by atoms with Crippen LogP contribution in [0.2, 0.25) is 0 Å². The van der Waals surface area contributed by atoms with Gasteiger partial charge in [0.2, 0.25) is 5.95 Å². The van der Waals surface area contributed by atoms with Gasteiger partial charge in [-0.05, 0) is 44.5 Å². The number of anilines is 1. The van der Waals surface area contributed by atoms with Crippen LogP contribution in [0.1, 0.15) is 19.0 Å². The molecule has 3 rings (SSSR count). The van der Waals surface area contributed by atoms with Gasteiger partial charge in [0.25, 0.3) is 0 Å². The van der Waals surface area contributed by atoms with E-state index in [1.165, 1.54) is 5.69 Å². The summed E-state index contributed by atoms with van der Waals surface area (Å²) < 4.78 is 7.73. The molecule has 0 saturated heterocycles. The summed E-state index contributed by atoms with van der Waals surface area (Å²) in [4.78, 5) is 4.71. The van der Waals surface area contributed by atoms with Gasteiger partial charge in [-0.15, -0.1) is 0 Å². The maximum atomic E-state index is 5.47. The average molecular weight is 257 g/mol. The van der Waals surface area contributed by atoms with Gasteiger partial charge in [0.05, 0.1) is 12.3 Å². The van der Waals surface area contributed by atoms with Crippen LogP contribution in [0.15, 0.2) is 24.3 Å². The van der Waals surface area contributed by atoms with Gasteiger partial charge in [0.15, 0.2) is 0 Å². The molecule has 0 fully saturated rings. The Bertz CT molecular complexity index is 572. The Kier molecular flexibility index (Phi) is 3.15. The summed E-state index contributed by atoms with van der Waals surface area (Å²) >= 11 is 0. The number of fused-ring (bicyclic) bond motifs is 1. The Balaban J connectivity index is 1.95. The van der Waals surface area contributed by atoms with Gasteiger partial charge in [-0.25, -0.2) is 4.98 Å². The fourth-order valence-corrected chi connectivity index (χ4v) is 2.53. The molecule has 1 aliphatic rings. The van der Waals surface area contributed by atoms with Crippen LogP contribution in [-0.4, -0.2) is 22.7 Å². The van der Waals surface area contributed by atoms with Crippen molar-refractivity contribution >= 4 is 5.95 Å². The van der Waals surface area contributed by atoms with E-state index in [4.69, 9.17) is 9.72 Å². The summed E-state index contributed by atoms with van der Waals surface area (Å²) in [5.74, 6) is 1.90. The normalized spacial score (nSPS) is 13.8. The number of nitrogens with one attached hydrogen (secondary N) is 1. The van der Waals surface area contributed by atoms with E-state index >= 15 is 0 Å². The van der Waals surface area contributed by atoms with Crippen LogP contribution in [0.4, 0.5) is 5.95 Å². The van der Waals surface area contributed by atoms with Gasteiger partial charge >= 0.3 is 0 Å². The Labute approximate surface area is 113 Å². The molecule has 0 saturated carbocycles. The van der Waals surface area contributed by atoms with E-state index in [1.54, 1.807) is 0 Å². The third-order valence-electron chi connectivity index (χ3n) is 3.50. The molecular weight excluding hydrogens is 238 g/mol. The highest BCUT2D eigenvalue weighted by Gasteiger charge is 2.17. The van der Waals surface area contributed by atoms with Crippen LogP contribution >= 0.6 is 0 Å². The molecule has 0 amide bonds. The Morgan fingerprint density at radius 2 is 2.11 bits per heavy atom. The third-order valence-corrected chi connectivity index (χ3v) is 3.50. The lowest BCUT2D eigenvalue weighted by Gasteiger charge is -2.16. The Morgan fingerprint density at radius 1 is 1.32 bits per heavy atom. The number of hydrogen-bond acceptors (Lipinski definition) is 3. The lowest BCUT2D eigenvalue weighted by Crippen LogP contribution is -2.17. The predicted octanol–water partition coefficient (Wildman–Crippen LogP) is 3.07. The topological polar surface area (TPSA) is 39.1 Å². The van der Waals surface area contributed by atoms with Gasteiger partial charge in [-0.2, -0.15) is 0 Å². The number of nitrogens with zero attached hydrogens (tertiary/aromatic N) is 2. The van der Waals surface area contributed by atoms with E-state index in [9.17, 15) is 0 Å². The van der Waals surface area contributed by atoms with Crippen molar-refractivity contribution in [1.82, 2.24) is 9.55 Å². The van der Waals surface area contributed by atoms with Crippen LogP contribution in [0.5, 0.6) is 5.75 Å². The standard InChI is InChI=1S/C15H19N3O/c1-3-19-13-7-5-12(6-8-13)14-11(2)18-10-4-9-16-15(18)17-14/h5-8H,3-4,9-10H2,1-2H3,(H,16,17). The molecule has 1 aromatic carbocycles. The monoisotopic (exact) mass is 257 g/mol. The van der Waals surface area contributed by atoms with Crippen molar-refractivity contribution in [2.45, 2.75) is 26.8 Å². The molecule has 4 heteroatoms. The van der Waals surface area contributed by atoms with Crippen LogP contribution < -0.4 is 10.1 Å². The van der Waals surface area contributed by atoms with E-state index < -0.39 is 0 Å². The lowest BCUT2D eigenvalue weighted by atomic mass is 10.1. The van der Waals surface area contributed by atoms with Crippen LogP contribution in [0, 0.1) is 6.92 Å². The minimum Gasteiger partial charge on any atom is -0.494 e. The number of benzene rings is 1. The quantitative estimate of drug-likeness (QED) is 0.918. The van der Waals surface area contributed by atoms with Gasteiger partial charge in [0.1, 0.15) is 5.75 Å². The summed E-state index contributed by atoms with van der Waals surface area (Å²) in [7, 11) is 0. The molecule has 1 aliphatic heterocycles. The fourth-order valence-electron chi connectivity index (χ4n) is 2.53. The number of aromatic nitrogens is 2. The van der Waals surface area contributed by atoms with Crippen molar-refractivity contribution in [2.75, 3.05) is 18.5 Å². The van der Waals surface area contributed by atoms with E-state index in [2.05, 4.69) is 28.9 Å². The first kappa shape index (κ1) is 12.1. The fraction of sp³-hybridized carbons (Fsp3) is 0.400. The summed E-state index contributed by atoms with van der Waals surface area (Å²) in [5.41, 5.74) is 3.43. The highest BCUT2D eigenvalue weighted by molar-refractivity contribution is 5.65. The van der Waals surface area contributed by atoms with Crippen molar-refractivity contribution in [3.8, 4) is 17.0 Å². The molecule has 1 aromatic heterocycles. The first-order valence-electron chi connectivity index (χ1n) is 6.84. The molecule has 0 spiro atoms. The van der Waals surface area contributed by atoms with Gasteiger partial charge in [-0.3, -0.25) is 0 Å². The zero-order valence-electron chi connectivity index (χ0n) is 11.4. The summed E-state index contributed by atoms with van der Waals surface area (Å²) in [6.45, 7) is 6.89. The van der Waals surface area contributed by atoms with E-state index in [-0.39, 0.29) is 0 Å². The molecule has 0 aliphatic carbocycles. The zero-order chi connectivity index (χ0) is 13.2. The van der Waals surface area contributed by atoms with Crippen LogP contribution in [0.25, 0.3) is 11.3 Å². The average Bonchev–Trinajstić information content (AvgIpc) is 2.78. The molecule has 0 unspecified atom stereocenters. The molecule has 0 radical (unpaired) electrons. The summed E-state index contributed by atoms with van der Waals surface area (Å²) in [6.07, 6.45) is 1.16. The first-order valence-corrected chi connectivity index (χ1v) is 6.84. The summed E-state index contributed by atoms with van der Waals surface area (Å²) in [6, 6.07) is 8.16. The molecule has 2 heterocycles. The van der Waals surface area contributed by atoms with Crippen LogP contribution in [-0.2, 0) is 6.54 Å². The van der Waals surface area contributed by atoms with Gasteiger partial charge < -0.3 is 14.6 Å². The first-order chi connectivity index (χ1) is 9.29. The van der Waals surface area contributed by atoms with Crippen molar-refractivity contribution in [3.63, 3.8) is 0 Å². The van der Waals surface area contributed by atoms with Gasteiger partial charge in [0, 0.05) is 24.3 Å². The van der Waals surface area contributed by atoms with Crippen molar-refractivity contribution in [2.24, 2.45) is 0 Å². The van der Waals surface area contributed by atoms with Gasteiger partial charge in [-0.1, -0.05) is 0 Å². The second-order valence-electron chi connectivity index (χ2n) is 4.76. The number of ether oxygens (including phenoxy) is 1. The third kappa shape index (κ3) is 2.18. The minimum atomic E-state index is 0.696. The Morgan fingerprint density at radius 3 is 2.79 bits per heavy atom. The molecule has 1 N–H and O–H groups in total. The molecular formula is C15H19N3O. The lowest BCUT2D eigenvalue weighted by molar-refractivity contribution is 0.340. The minimum absolute atomic E-state index is 0.696. The van der Waals surface area contributed by atoms with Crippen molar-refractivity contribution in [1.29, 1.82) is 0 Å². The molecule has 100 valence electrons. The van der Waals surface area contributed by atoms with E-state index in [1.807, 2.05) is 19.1 Å². The number of imidazole rings is 1. The highest BCUT2D eigenvalue weighted by atomic mass is 16.5. The predicted molar refractivity (Wildman–Crippen MR) is 76.7 cm³/mol. The van der Waals surface area contributed by atoms with Crippen LogP contribution in [0.3, 0.4) is 0 Å². The Hall–Kier alpha value is -1.97. The van der Waals surface area contributed by atoms with E-state index in [0.29, 0.717) is 6.61 Å². The molecule has 2 aromatic rings. The summed E-state index contributed by atoms with van der Waals surface area (Å²) in [5, 5.41) is 3.35.